The van der Waals surface area contributed by atoms with E-state index >= 15 is 0 Å². The van der Waals surface area contributed by atoms with Gasteiger partial charge in [0, 0.05) is 38.6 Å². The summed E-state index contributed by atoms with van der Waals surface area (Å²) in [6.45, 7) is 9.00. The Morgan fingerprint density at radius 1 is 1.14 bits per heavy atom. The number of aryl methyl sites for hydroxylation is 1. The molecule has 3 rings (SSSR count). The summed E-state index contributed by atoms with van der Waals surface area (Å²) in [6, 6.07) is 10.3. The first-order valence-corrected chi connectivity index (χ1v) is 9.63. The van der Waals surface area contributed by atoms with Gasteiger partial charge >= 0.3 is 5.97 Å². The third kappa shape index (κ3) is 4.78. The first kappa shape index (κ1) is 20.1. The van der Waals surface area contributed by atoms with Gasteiger partial charge in [0.2, 0.25) is 0 Å². The molecule has 1 fully saturated rings. The fraction of sp³-hybridized carbons (Fsp3) is 0.476. The molecular formula is C21H27N3O4. The summed E-state index contributed by atoms with van der Waals surface area (Å²) in [5, 5.41) is 3.84. The summed E-state index contributed by atoms with van der Waals surface area (Å²) >= 11 is 0. The zero-order valence-corrected chi connectivity index (χ0v) is 16.7. The van der Waals surface area contributed by atoms with E-state index in [9.17, 15) is 9.59 Å². The van der Waals surface area contributed by atoms with Crippen molar-refractivity contribution in [1.82, 2.24) is 15.0 Å². The highest BCUT2D eigenvalue weighted by molar-refractivity contribution is 5.93. The molecule has 0 N–H and O–H groups in total. The van der Waals surface area contributed by atoms with Crippen molar-refractivity contribution < 1.29 is 18.8 Å². The lowest BCUT2D eigenvalue weighted by Gasteiger charge is -2.34. The number of aromatic nitrogens is 1. The van der Waals surface area contributed by atoms with Crippen LogP contribution in [-0.2, 0) is 16.1 Å². The predicted octanol–water partition coefficient (Wildman–Crippen LogP) is 2.61. The summed E-state index contributed by atoms with van der Waals surface area (Å²) in [6.07, 6.45) is 0. The number of carbonyl (C=O) groups excluding carboxylic acids is 2. The number of amides is 1. The van der Waals surface area contributed by atoms with Crippen LogP contribution in [0.15, 0.2) is 34.9 Å². The SMILES string of the molecule is Cc1noc(C(C)C)c1C(=O)OCC(=O)N1CCN(Cc2ccccc2)CC1. The third-order valence-electron chi connectivity index (χ3n) is 4.92. The van der Waals surface area contributed by atoms with Crippen LogP contribution in [0.4, 0.5) is 0 Å². The van der Waals surface area contributed by atoms with Crippen molar-refractivity contribution in [2.24, 2.45) is 0 Å². The second kappa shape index (κ2) is 9.01. The van der Waals surface area contributed by atoms with E-state index < -0.39 is 5.97 Å². The van der Waals surface area contributed by atoms with Crippen LogP contribution in [0.1, 0.15) is 47.1 Å². The van der Waals surface area contributed by atoms with Crippen molar-refractivity contribution in [3.05, 3.63) is 52.9 Å². The molecule has 0 saturated carbocycles. The highest BCUT2D eigenvalue weighted by Gasteiger charge is 2.26. The van der Waals surface area contributed by atoms with Gasteiger partial charge in [-0.15, -0.1) is 0 Å². The topological polar surface area (TPSA) is 75.9 Å². The smallest absolute Gasteiger partial charge is 0.344 e. The van der Waals surface area contributed by atoms with E-state index in [0.717, 1.165) is 19.6 Å². The highest BCUT2D eigenvalue weighted by Crippen LogP contribution is 2.23. The maximum atomic E-state index is 12.4. The van der Waals surface area contributed by atoms with Crippen molar-refractivity contribution in [2.75, 3.05) is 32.8 Å². The molecule has 28 heavy (non-hydrogen) atoms. The monoisotopic (exact) mass is 385 g/mol. The molecule has 1 amide bonds. The zero-order chi connectivity index (χ0) is 20.1. The minimum Gasteiger partial charge on any atom is -0.452 e. The molecule has 1 aliphatic rings. The number of rotatable bonds is 6. The molecule has 0 bridgehead atoms. The predicted molar refractivity (Wildman–Crippen MR) is 104 cm³/mol. The molecule has 1 aromatic heterocycles. The molecule has 2 heterocycles. The molecule has 150 valence electrons. The molecule has 1 aromatic carbocycles. The molecule has 1 saturated heterocycles. The fourth-order valence-electron chi connectivity index (χ4n) is 3.32. The van der Waals surface area contributed by atoms with E-state index in [1.54, 1.807) is 11.8 Å². The van der Waals surface area contributed by atoms with Gasteiger partial charge in [-0.25, -0.2) is 4.79 Å². The van der Waals surface area contributed by atoms with Gasteiger partial charge in [-0.05, 0) is 12.5 Å². The van der Waals surface area contributed by atoms with Crippen LogP contribution in [0.5, 0.6) is 0 Å². The summed E-state index contributed by atoms with van der Waals surface area (Å²) in [4.78, 5) is 28.9. The molecule has 0 radical (unpaired) electrons. The highest BCUT2D eigenvalue weighted by atomic mass is 16.5. The van der Waals surface area contributed by atoms with Crippen LogP contribution < -0.4 is 0 Å². The molecular weight excluding hydrogens is 358 g/mol. The molecule has 2 aromatic rings. The second-order valence-electron chi connectivity index (χ2n) is 7.38. The lowest BCUT2D eigenvalue weighted by Crippen LogP contribution is -2.49. The fourth-order valence-corrected chi connectivity index (χ4v) is 3.32. The molecule has 0 atom stereocenters. The summed E-state index contributed by atoms with van der Waals surface area (Å²) in [5.41, 5.74) is 2.08. The Morgan fingerprint density at radius 2 is 1.82 bits per heavy atom. The molecule has 0 spiro atoms. The molecule has 0 unspecified atom stereocenters. The van der Waals surface area contributed by atoms with Crippen LogP contribution >= 0.6 is 0 Å². The van der Waals surface area contributed by atoms with Crippen molar-refractivity contribution >= 4 is 11.9 Å². The number of piperazine rings is 1. The summed E-state index contributed by atoms with van der Waals surface area (Å²) in [7, 11) is 0. The van der Waals surface area contributed by atoms with Crippen molar-refractivity contribution in [3.63, 3.8) is 0 Å². The molecule has 1 aliphatic heterocycles. The van der Waals surface area contributed by atoms with Gasteiger partial charge in [0.1, 0.15) is 5.56 Å². The molecule has 7 heteroatoms. The first-order valence-electron chi connectivity index (χ1n) is 9.63. The third-order valence-corrected chi connectivity index (χ3v) is 4.92. The van der Waals surface area contributed by atoms with Crippen molar-refractivity contribution in [2.45, 2.75) is 33.2 Å². The van der Waals surface area contributed by atoms with E-state index in [2.05, 4.69) is 22.2 Å². The Morgan fingerprint density at radius 3 is 2.46 bits per heavy atom. The van der Waals surface area contributed by atoms with Crippen LogP contribution in [0.3, 0.4) is 0 Å². The Kier molecular flexibility index (Phi) is 6.46. The van der Waals surface area contributed by atoms with Gasteiger partial charge in [0.15, 0.2) is 12.4 Å². The van der Waals surface area contributed by atoms with Crippen molar-refractivity contribution in [3.8, 4) is 0 Å². The van der Waals surface area contributed by atoms with Crippen molar-refractivity contribution in [1.29, 1.82) is 0 Å². The minimum atomic E-state index is -0.557. The average molecular weight is 385 g/mol. The van der Waals surface area contributed by atoms with Crippen LogP contribution in [0.2, 0.25) is 0 Å². The lowest BCUT2D eigenvalue weighted by atomic mass is 10.1. The van der Waals surface area contributed by atoms with Gasteiger partial charge in [-0.1, -0.05) is 49.3 Å². The van der Waals surface area contributed by atoms with E-state index in [1.807, 2.05) is 32.0 Å². The zero-order valence-electron chi connectivity index (χ0n) is 16.7. The van der Waals surface area contributed by atoms with E-state index in [1.165, 1.54) is 5.56 Å². The molecule has 0 aliphatic carbocycles. The number of esters is 1. The molecule has 7 nitrogen and oxygen atoms in total. The van der Waals surface area contributed by atoms with Gasteiger partial charge in [0.25, 0.3) is 5.91 Å². The van der Waals surface area contributed by atoms with E-state index in [0.29, 0.717) is 30.1 Å². The first-order chi connectivity index (χ1) is 13.5. The number of nitrogens with zero attached hydrogens (tertiary/aromatic N) is 3. The number of benzene rings is 1. The van der Waals surface area contributed by atoms with Gasteiger partial charge in [-0.2, -0.15) is 0 Å². The maximum Gasteiger partial charge on any atom is 0.344 e. The minimum absolute atomic E-state index is 0.0112. The number of hydrogen-bond donors (Lipinski definition) is 0. The van der Waals surface area contributed by atoms with Gasteiger partial charge in [0.05, 0.1) is 5.69 Å². The van der Waals surface area contributed by atoms with Gasteiger partial charge in [-0.3, -0.25) is 9.69 Å². The standard InChI is InChI=1S/C21H27N3O4/c1-15(2)20-19(16(3)22-28-20)21(26)27-14-18(25)24-11-9-23(10-12-24)13-17-7-5-4-6-8-17/h4-8,15H,9-14H2,1-3H3. The Bertz CT molecular complexity index is 808. The Hall–Kier alpha value is -2.67. The number of hydrogen-bond acceptors (Lipinski definition) is 6. The second-order valence-corrected chi connectivity index (χ2v) is 7.38. The van der Waals surface area contributed by atoms with E-state index in [4.69, 9.17) is 9.26 Å². The van der Waals surface area contributed by atoms with Gasteiger partial charge < -0.3 is 14.2 Å². The van der Waals surface area contributed by atoms with E-state index in [-0.39, 0.29) is 18.4 Å². The average Bonchev–Trinajstić information content (AvgIpc) is 3.09. The van der Waals surface area contributed by atoms with Crippen LogP contribution in [0, 0.1) is 6.92 Å². The Labute approximate surface area is 165 Å². The van der Waals surface area contributed by atoms with Crippen LogP contribution in [-0.4, -0.2) is 59.6 Å². The quantitative estimate of drug-likeness (QED) is 0.712. The number of carbonyl (C=O) groups is 2. The summed E-state index contributed by atoms with van der Waals surface area (Å²) < 4.78 is 10.5. The number of ether oxygens (including phenoxy) is 1. The maximum absolute atomic E-state index is 12.4. The largest absolute Gasteiger partial charge is 0.452 e. The Balaban J connectivity index is 1.47. The lowest BCUT2D eigenvalue weighted by molar-refractivity contribution is -0.136. The summed E-state index contributed by atoms with van der Waals surface area (Å²) in [5.74, 6) is -0.229. The normalized spacial score (nSPS) is 15.1. The van der Waals surface area contributed by atoms with Crippen LogP contribution in [0.25, 0.3) is 0 Å².